The van der Waals surface area contributed by atoms with Gasteiger partial charge in [-0.25, -0.2) is 8.42 Å². The van der Waals surface area contributed by atoms with Crippen molar-refractivity contribution in [2.75, 3.05) is 39.3 Å². The van der Waals surface area contributed by atoms with Gasteiger partial charge in [0, 0.05) is 38.3 Å². The number of rotatable bonds is 8. The van der Waals surface area contributed by atoms with Crippen molar-refractivity contribution < 1.29 is 18.0 Å². The van der Waals surface area contributed by atoms with E-state index >= 15 is 0 Å². The first-order valence-corrected chi connectivity index (χ1v) is 11.7. The molecule has 8 nitrogen and oxygen atoms in total. The lowest BCUT2D eigenvalue weighted by atomic mass is 10.2. The normalized spacial score (nSPS) is 14.5. The summed E-state index contributed by atoms with van der Waals surface area (Å²) in [6, 6.07) is 15.6. The van der Waals surface area contributed by atoms with Crippen molar-refractivity contribution in [3.63, 3.8) is 0 Å². The maximum Gasteiger partial charge on any atom is 0.253 e. The molecule has 2 aromatic carbocycles. The van der Waals surface area contributed by atoms with Gasteiger partial charge in [0.1, 0.15) is 0 Å². The minimum absolute atomic E-state index is 0.00711. The van der Waals surface area contributed by atoms with E-state index in [1.54, 1.807) is 11.0 Å². The van der Waals surface area contributed by atoms with Gasteiger partial charge in [-0.05, 0) is 23.8 Å². The third-order valence-corrected chi connectivity index (χ3v) is 6.51. The summed E-state index contributed by atoms with van der Waals surface area (Å²) in [4.78, 5) is 28.7. The highest BCUT2D eigenvalue weighted by Gasteiger charge is 2.24. The topological polar surface area (TPSA) is 98.8 Å². The van der Waals surface area contributed by atoms with E-state index in [0.717, 1.165) is 5.56 Å². The van der Waals surface area contributed by atoms with E-state index in [2.05, 4.69) is 16.0 Å². The first-order chi connectivity index (χ1) is 15.4. The summed E-state index contributed by atoms with van der Waals surface area (Å²) in [7, 11) is -3.77. The lowest BCUT2D eigenvalue weighted by Crippen LogP contribution is -2.51. The lowest BCUT2D eigenvalue weighted by Gasteiger charge is -2.34. The standard InChI is InChI=1S/C23H26N4O4S/c1-2-11-25-32(30,31)21-10-6-9-20(16-21)23(29)27-14-12-26(13-15-27)18-22(28)24-17-19-7-4-3-5-8-19/h1,3-10,16,25H,11-15,17-18H2,(H,24,28). The summed E-state index contributed by atoms with van der Waals surface area (Å²) in [6.07, 6.45) is 5.11. The van der Waals surface area contributed by atoms with E-state index in [-0.39, 0.29) is 29.8 Å². The SMILES string of the molecule is C#CCNS(=O)(=O)c1cccc(C(=O)N2CCN(CC(=O)NCc3ccccc3)CC2)c1. The van der Waals surface area contributed by atoms with Crippen LogP contribution in [0.4, 0.5) is 0 Å². The fourth-order valence-corrected chi connectivity index (χ4v) is 4.34. The van der Waals surface area contributed by atoms with Gasteiger partial charge in [-0.15, -0.1) is 6.42 Å². The molecule has 0 aromatic heterocycles. The van der Waals surface area contributed by atoms with E-state index in [9.17, 15) is 18.0 Å². The van der Waals surface area contributed by atoms with Crippen molar-refractivity contribution >= 4 is 21.8 Å². The van der Waals surface area contributed by atoms with E-state index in [1.807, 2.05) is 35.2 Å². The zero-order chi connectivity index (χ0) is 23.0. The summed E-state index contributed by atoms with van der Waals surface area (Å²) in [5, 5.41) is 2.90. The molecule has 0 atom stereocenters. The van der Waals surface area contributed by atoms with Crippen LogP contribution >= 0.6 is 0 Å². The summed E-state index contributed by atoms with van der Waals surface area (Å²) in [5.41, 5.74) is 1.33. The molecule has 32 heavy (non-hydrogen) atoms. The molecule has 1 fully saturated rings. The minimum Gasteiger partial charge on any atom is -0.351 e. The molecule has 0 bridgehead atoms. The number of terminal acetylenes is 1. The van der Waals surface area contributed by atoms with Gasteiger partial charge in [0.25, 0.3) is 5.91 Å². The highest BCUT2D eigenvalue weighted by molar-refractivity contribution is 7.89. The Morgan fingerprint density at radius 2 is 1.72 bits per heavy atom. The number of piperazine rings is 1. The molecule has 1 aliphatic heterocycles. The predicted octanol–water partition coefficient (Wildman–Crippen LogP) is 0.672. The Morgan fingerprint density at radius 3 is 2.41 bits per heavy atom. The maximum atomic E-state index is 12.9. The molecule has 3 rings (SSSR count). The van der Waals surface area contributed by atoms with Gasteiger partial charge < -0.3 is 10.2 Å². The predicted molar refractivity (Wildman–Crippen MR) is 121 cm³/mol. The van der Waals surface area contributed by atoms with Crippen molar-refractivity contribution in [3.05, 3.63) is 65.7 Å². The van der Waals surface area contributed by atoms with Crippen LogP contribution in [0.1, 0.15) is 15.9 Å². The third kappa shape index (κ3) is 6.40. The minimum atomic E-state index is -3.77. The molecule has 168 valence electrons. The second-order valence-corrected chi connectivity index (χ2v) is 9.15. The van der Waals surface area contributed by atoms with Crippen molar-refractivity contribution in [3.8, 4) is 12.3 Å². The van der Waals surface area contributed by atoms with Gasteiger partial charge in [-0.1, -0.05) is 42.3 Å². The Hall–Kier alpha value is -3.19. The Kier molecular flexibility index (Phi) is 8.00. The molecular weight excluding hydrogens is 428 g/mol. The Bertz CT molecular complexity index is 1090. The van der Waals surface area contributed by atoms with Crippen LogP contribution in [0.25, 0.3) is 0 Å². The molecule has 1 heterocycles. The molecule has 2 amide bonds. The van der Waals surface area contributed by atoms with Crippen molar-refractivity contribution in [2.45, 2.75) is 11.4 Å². The summed E-state index contributed by atoms with van der Waals surface area (Å²) >= 11 is 0. The zero-order valence-corrected chi connectivity index (χ0v) is 18.5. The van der Waals surface area contributed by atoms with Crippen molar-refractivity contribution in [1.82, 2.24) is 19.8 Å². The smallest absolute Gasteiger partial charge is 0.253 e. The van der Waals surface area contributed by atoms with Crippen LogP contribution in [-0.4, -0.2) is 69.3 Å². The van der Waals surface area contributed by atoms with Crippen LogP contribution < -0.4 is 10.0 Å². The summed E-state index contributed by atoms with van der Waals surface area (Å²) in [6.45, 7) is 2.66. The first-order valence-electron chi connectivity index (χ1n) is 10.2. The molecule has 1 aliphatic rings. The first kappa shape index (κ1) is 23.5. The second-order valence-electron chi connectivity index (χ2n) is 7.39. The fraction of sp³-hybridized carbons (Fsp3) is 0.304. The van der Waals surface area contributed by atoms with E-state index in [1.165, 1.54) is 18.2 Å². The number of carbonyl (C=O) groups excluding carboxylic acids is 2. The number of hydrogen-bond acceptors (Lipinski definition) is 5. The van der Waals surface area contributed by atoms with Crippen LogP contribution in [-0.2, 0) is 21.4 Å². The number of amides is 2. The van der Waals surface area contributed by atoms with Crippen LogP contribution in [0.2, 0.25) is 0 Å². The number of benzene rings is 2. The molecule has 0 saturated carbocycles. The molecule has 0 spiro atoms. The molecule has 2 N–H and O–H groups in total. The average molecular weight is 455 g/mol. The number of carbonyl (C=O) groups is 2. The molecule has 9 heteroatoms. The monoisotopic (exact) mass is 454 g/mol. The number of nitrogens with one attached hydrogen (secondary N) is 2. The van der Waals surface area contributed by atoms with E-state index in [0.29, 0.717) is 38.3 Å². The molecule has 0 radical (unpaired) electrons. The summed E-state index contributed by atoms with van der Waals surface area (Å²) < 4.78 is 26.8. The Balaban J connectivity index is 1.51. The lowest BCUT2D eigenvalue weighted by molar-refractivity contribution is -0.122. The molecular formula is C23H26N4O4S. The van der Waals surface area contributed by atoms with Gasteiger partial charge in [-0.3, -0.25) is 14.5 Å². The van der Waals surface area contributed by atoms with Gasteiger partial charge >= 0.3 is 0 Å². The van der Waals surface area contributed by atoms with Crippen LogP contribution in [0.5, 0.6) is 0 Å². The number of sulfonamides is 1. The van der Waals surface area contributed by atoms with E-state index in [4.69, 9.17) is 6.42 Å². The molecule has 1 saturated heterocycles. The van der Waals surface area contributed by atoms with Crippen LogP contribution in [0.3, 0.4) is 0 Å². The Morgan fingerprint density at radius 1 is 1.00 bits per heavy atom. The zero-order valence-electron chi connectivity index (χ0n) is 17.7. The number of nitrogens with zero attached hydrogens (tertiary/aromatic N) is 2. The van der Waals surface area contributed by atoms with Crippen molar-refractivity contribution in [1.29, 1.82) is 0 Å². The average Bonchev–Trinajstić information content (AvgIpc) is 2.82. The summed E-state index contributed by atoms with van der Waals surface area (Å²) in [5.74, 6) is 1.91. The Labute approximate surface area is 188 Å². The number of hydrogen-bond donors (Lipinski definition) is 2. The van der Waals surface area contributed by atoms with Gasteiger partial charge in [0.05, 0.1) is 18.0 Å². The maximum absolute atomic E-state index is 12.9. The second kappa shape index (κ2) is 10.9. The van der Waals surface area contributed by atoms with Gasteiger partial charge in [0.2, 0.25) is 15.9 Å². The van der Waals surface area contributed by atoms with Crippen molar-refractivity contribution in [2.24, 2.45) is 0 Å². The molecule has 0 aliphatic carbocycles. The van der Waals surface area contributed by atoms with E-state index < -0.39 is 10.0 Å². The van der Waals surface area contributed by atoms with Crippen LogP contribution in [0, 0.1) is 12.3 Å². The highest BCUT2D eigenvalue weighted by atomic mass is 32.2. The quantitative estimate of drug-likeness (QED) is 0.572. The van der Waals surface area contributed by atoms with Crippen LogP contribution in [0.15, 0.2) is 59.5 Å². The fourth-order valence-electron chi connectivity index (χ4n) is 3.36. The highest BCUT2D eigenvalue weighted by Crippen LogP contribution is 2.14. The van der Waals surface area contributed by atoms with Gasteiger partial charge in [-0.2, -0.15) is 4.72 Å². The molecule has 2 aromatic rings. The molecule has 0 unspecified atom stereocenters. The largest absolute Gasteiger partial charge is 0.351 e. The third-order valence-electron chi connectivity index (χ3n) is 5.11. The van der Waals surface area contributed by atoms with Gasteiger partial charge in [0.15, 0.2) is 0 Å².